The minimum atomic E-state index is 0.00336. The van der Waals surface area contributed by atoms with Crippen molar-refractivity contribution in [2.45, 2.75) is 13.8 Å². The normalized spacial score (nSPS) is 10.7. The van der Waals surface area contributed by atoms with Gasteiger partial charge in [0.15, 0.2) is 0 Å². The summed E-state index contributed by atoms with van der Waals surface area (Å²) in [5.74, 6) is 0.445. The Labute approximate surface area is 112 Å². The van der Waals surface area contributed by atoms with Crippen LogP contribution < -0.4 is 0 Å². The minimum absolute atomic E-state index is 0.00336. The Kier molecular flexibility index (Phi) is 3.89. The summed E-state index contributed by atoms with van der Waals surface area (Å²) in [6, 6.07) is 7.27. The van der Waals surface area contributed by atoms with E-state index in [0.29, 0.717) is 11.5 Å². The summed E-state index contributed by atoms with van der Waals surface area (Å²) < 4.78 is 1.53. The number of hydrogen-bond acceptors (Lipinski definition) is 4. The molecule has 0 unspecified atom stereocenters. The van der Waals surface area contributed by atoms with Crippen molar-refractivity contribution >= 4 is 5.91 Å². The van der Waals surface area contributed by atoms with Crippen LogP contribution in [-0.2, 0) is 0 Å². The molecule has 0 spiro atoms. The number of aromatic nitrogens is 4. The fourth-order valence-corrected chi connectivity index (χ4v) is 1.91. The second-order valence-corrected chi connectivity index (χ2v) is 4.88. The SMILES string of the molecule is CC(C)CN(C)C(=O)c1cccc(-n2cnnn2)c1. The van der Waals surface area contributed by atoms with Crippen LogP contribution in [0.2, 0.25) is 0 Å². The summed E-state index contributed by atoms with van der Waals surface area (Å²) in [5, 5.41) is 11.0. The summed E-state index contributed by atoms with van der Waals surface area (Å²) in [7, 11) is 1.81. The van der Waals surface area contributed by atoms with Crippen LogP contribution in [-0.4, -0.2) is 44.6 Å². The smallest absolute Gasteiger partial charge is 0.253 e. The first-order valence-corrected chi connectivity index (χ1v) is 6.17. The van der Waals surface area contributed by atoms with Crippen LogP contribution in [0.5, 0.6) is 0 Å². The van der Waals surface area contributed by atoms with Crippen molar-refractivity contribution in [3.8, 4) is 5.69 Å². The van der Waals surface area contributed by atoms with Gasteiger partial charge in [0, 0.05) is 19.2 Å². The van der Waals surface area contributed by atoms with E-state index in [1.807, 2.05) is 19.2 Å². The molecule has 0 aliphatic rings. The molecule has 19 heavy (non-hydrogen) atoms. The molecule has 1 aromatic carbocycles. The molecule has 1 heterocycles. The molecule has 0 N–H and O–H groups in total. The molecular weight excluding hydrogens is 242 g/mol. The van der Waals surface area contributed by atoms with E-state index >= 15 is 0 Å². The fourth-order valence-electron chi connectivity index (χ4n) is 1.91. The molecule has 0 aliphatic heterocycles. The first kappa shape index (κ1) is 13.2. The van der Waals surface area contributed by atoms with Crippen LogP contribution in [0.15, 0.2) is 30.6 Å². The highest BCUT2D eigenvalue weighted by molar-refractivity contribution is 5.94. The molecular formula is C13H17N5O. The maximum atomic E-state index is 12.3. The predicted octanol–water partition coefficient (Wildman–Crippen LogP) is 1.39. The lowest BCUT2D eigenvalue weighted by Crippen LogP contribution is -2.30. The average molecular weight is 259 g/mol. The highest BCUT2D eigenvalue weighted by atomic mass is 16.2. The largest absolute Gasteiger partial charge is 0.341 e. The molecule has 0 saturated heterocycles. The number of carbonyl (C=O) groups is 1. The zero-order valence-corrected chi connectivity index (χ0v) is 11.3. The van der Waals surface area contributed by atoms with E-state index in [-0.39, 0.29) is 5.91 Å². The zero-order chi connectivity index (χ0) is 13.8. The van der Waals surface area contributed by atoms with Crippen molar-refractivity contribution in [1.29, 1.82) is 0 Å². The van der Waals surface area contributed by atoms with Gasteiger partial charge in [0.2, 0.25) is 0 Å². The quantitative estimate of drug-likeness (QED) is 0.832. The highest BCUT2D eigenvalue weighted by Crippen LogP contribution is 2.11. The molecule has 0 atom stereocenters. The van der Waals surface area contributed by atoms with Gasteiger partial charge < -0.3 is 4.90 Å². The third-order valence-electron chi connectivity index (χ3n) is 2.69. The summed E-state index contributed by atoms with van der Waals surface area (Å²) in [5.41, 5.74) is 1.41. The van der Waals surface area contributed by atoms with Crippen molar-refractivity contribution in [3.05, 3.63) is 36.2 Å². The first-order chi connectivity index (χ1) is 9.08. The van der Waals surface area contributed by atoms with Gasteiger partial charge in [0.25, 0.3) is 5.91 Å². The van der Waals surface area contributed by atoms with Crippen LogP contribution in [0.4, 0.5) is 0 Å². The van der Waals surface area contributed by atoms with E-state index < -0.39 is 0 Å². The van der Waals surface area contributed by atoms with Crippen molar-refractivity contribution in [3.63, 3.8) is 0 Å². The maximum absolute atomic E-state index is 12.3. The molecule has 2 aromatic rings. The number of benzene rings is 1. The Bertz CT molecular complexity index is 550. The molecule has 0 aliphatic carbocycles. The lowest BCUT2D eigenvalue weighted by molar-refractivity contribution is 0.0779. The predicted molar refractivity (Wildman–Crippen MR) is 71.0 cm³/mol. The number of nitrogens with zero attached hydrogens (tertiary/aromatic N) is 5. The minimum Gasteiger partial charge on any atom is -0.341 e. The number of rotatable bonds is 4. The van der Waals surface area contributed by atoms with Crippen LogP contribution in [0.3, 0.4) is 0 Å². The van der Waals surface area contributed by atoms with Gasteiger partial charge in [0.1, 0.15) is 6.33 Å². The van der Waals surface area contributed by atoms with Crippen molar-refractivity contribution < 1.29 is 4.79 Å². The molecule has 100 valence electrons. The van der Waals surface area contributed by atoms with Crippen molar-refractivity contribution in [2.75, 3.05) is 13.6 Å². The Morgan fingerprint density at radius 2 is 2.21 bits per heavy atom. The second kappa shape index (κ2) is 5.60. The van der Waals surface area contributed by atoms with E-state index in [1.54, 1.807) is 17.0 Å². The Morgan fingerprint density at radius 3 is 2.84 bits per heavy atom. The lowest BCUT2D eigenvalue weighted by atomic mass is 10.1. The lowest BCUT2D eigenvalue weighted by Gasteiger charge is -2.19. The third-order valence-corrected chi connectivity index (χ3v) is 2.69. The molecule has 0 radical (unpaired) electrons. The van der Waals surface area contributed by atoms with Gasteiger partial charge in [-0.25, -0.2) is 4.68 Å². The summed E-state index contributed by atoms with van der Waals surface area (Å²) in [6.45, 7) is 4.90. The highest BCUT2D eigenvalue weighted by Gasteiger charge is 2.13. The molecule has 0 saturated carbocycles. The van der Waals surface area contributed by atoms with Crippen molar-refractivity contribution in [1.82, 2.24) is 25.1 Å². The van der Waals surface area contributed by atoms with Gasteiger partial charge in [-0.05, 0) is 34.5 Å². The molecule has 1 amide bonds. The second-order valence-electron chi connectivity index (χ2n) is 4.88. The average Bonchev–Trinajstić information content (AvgIpc) is 2.91. The number of carbonyl (C=O) groups excluding carboxylic acids is 1. The Morgan fingerprint density at radius 1 is 1.42 bits per heavy atom. The summed E-state index contributed by atoms with van der Waals surface area (Å²) in [4.78, 5) is 14.0. The number of hydrogen-bond donors (Lipinski definition) is 0. The topological polar surface area (TPSA) is 63.9 Å². The zero-order valence-electron chi connectivity index (χ0n) is 11.3. The van der Waals surface area contributed by atoms with Gasteiger partial charge in [-0.1, -0.05) is 19.9 Å². The Hall–Kier alpha value is -2.24. The molecule has 2 rings (SSSR count). The molecule has 6 heteroatoms. The Balaban J connectivity index is 2.21. The van der Waals surface area contributed by atoms with Gasteiger partial charge in [-0.3, -0.25) is 4.79 Å². The van der Waals surface area contributed by atoms with Crippen LogP contribution >= 0.6 is 0 Å². The maximum Gasteiger partial charge on any atom is 0.253 e. The van der Waals surface area contributed by atoms with Gasteiger partial charge in [-0.2, -0.15) is 0 Å². The first-order valence-electron chi connectivity index (χ1n) is 6.17. The molecule has 1 aromatic heterocycles. The van der Waals surface area contributed by atoms with Gasteiger partial charge in [-0.15, -0.1) is 5.10 Å². The van der Waals surface area contributed by atoms with Crippen molar-refractivity contribution in [2.24, 2.45) is 5.92 Å². The summed E-state index contributed by atoms with van der Waals surface area (Å²) in [6.07, 6.45) is 1.50. The summed E-state index contributed by atoms with van der Waals surface area (Å²) >= 11 is 0. The molecule has 6 nitrogen and oxygen atoms in total. The number of tetrazole rings is 1. The van der Waals surface area contributed by atoms with Crippen LogP contribution in [0.25, 0.3) is 5.69 Å². The van der Waals surface area contributed by atoms with E-state index in [1.165, 1.54) is 11.0 Å². The van der Waals surface area contributed by atoms with E-state index in [4.69, 9.17) is 0 Å². The monoisotopic (exact) mass is 259 g/mol. The van der Waals surface area contributed by atoms with E-state index in [2.05, 4.69) is 29.4 Å². The molecule has 0 fully saturated rings. The fraction of sp³-hybridized carbons (Fsp3) is 0.385. The van der Waals surface area contributed by atoms with Gasteiger partial charge >= 0.3 is 0 Å². The van der Waals surface area contributed by atoms with Crippen LogP contribution in [0, 0.1) is 5.92 Å². The van der Waals surface area contributed by atoms with E-state index in [0.717, 1.165) is 12.2 Å². The third kappa shape index (κ3) is 3.15. The van der Waals surface area contributed by atoms with E-state index in [9.17, 15) is 4.79 Å². The van der Waals surface area contributed by atoms with Crippen LogP contribution in [0.1, 0.15) is 24.2 Å². The van der Waals surface area contributed by atoms with Gasteiger partial charge in [0.05, 0.1) is 5.69 Å². The standard InChI is InChI=1S/C13H17N5O/c1-10(2)8-17(3)13(19)11-5-4-6-12(7-11)18-9-14-15-16-18/h4-7,9-10H,8H2,1-3H3. The molecule has 0 bridgehead atoms. The number of amides is 1.